The topological polar surface area (TPSA) is 99.0 Å². The molecule has 0 aliphatic carbocycles. The molecule has 0 aliphatic rings. The highest BCUT2D eigenvalue weighted by Crippen LogP contribution is 2.14. The molecule has 1 aromatic heterocycles. The molecule has 1 amide bonds. The van der Waals surface area contributed by atoms with Gasteiger partial charge in [-0.1, -0.05) is 24.3 Å². The Hall–Kier alpha value is -3.62. The summed E-state index contributed by atoms with van der Waals surface area (Å²) in [5, 5.41) is 14.4. The van der Waals surface area contributed by atoms with Gasteiger partial charge in [0.05, 0.1) is 12.7 Å². The van der Waals surface area contributed by atoms with Gasteiger partial charge in [0, 0.05) is 12.1 Å². The van der Waals surface area contributed by atoms with Crippen LogP contribution in [0.25, 0.3) is 11.4 Å². The number of nitrogens with one attached hydrogen (secondary N) is 1. The summed E-state index contributed by atoms with van der Waals surface area (Å²) >= 11 is 0. The van der Waals surface area contributed by atoms with E-state index in [0.29, 0.717) is 11.1 Å². The van der Waals surface area contributed by atoms with E-state index in [-0.39, 0.29) is 24.8 Å². The Morgan fingerprint density at radius 3 is 2.67 bits per heavy atom. The maximum atomic E-state index is 13.2. The molecule has 0 fully saturated rings. The molecule has 1 N–H and O–H groups in total. The van der Waals surface area contributed by atoms with Crippen LogP contribution >= 0.6 is 0 Å². The molecule has 2 aromatic carbocycles. The van der Waals surface area contributed by atoms with Gasteiger partial charge in [-0.2, -0.15) is 4.80 Å². The summed E-state index contributed by atoms with van der Waals surface area (Å²) < 4.78 is 17.9. The third-order valence-corrected chi connectivity index (χ3v) is 3.69. The van der Waals surface area contributed by atoms with Gasteiger partial charge < -0.3 is 10.1 Å². The molecule has 8 nitrogen and oxygen atoms in total. The van der Waals surface area contributed by atoms with Crippen molar-refractivity contribution in [1.82, 2.24) is 25.5 Å². The van der Waals surface area contributed by atoms with E-state index in [1.165, 1.54) is 19.2 Å². The highest BCUT2D eigenvalue weighted by Gasteiger charge is 2.10. The molecule has 0 aliphatic heterocycles. The number of nitrogens with zero attached hydrogens (tertiary/aromatic N) is 4. The number of carbonyl (C=O) groups is 2. The zero-order chi connectivity index (χ0) is 19.2. The van der Waals surface area contributed by atoms with Crippen molar-refractivity contribution in [2.75, 3.05) is 7.11 Å². The number of halogens is 1. The molecule has 0 saturated heterocycles. The Kier molecular flexibility index (Phi) is 5.50. The average Bonchev–Trinajstić information content (AvgIpc) is 3.14. The fourth-order valence-electron chi connectivity index (χ4n) is 2.31. The van der Waals surface area contributed by atoms with Crippen molar-refractivity contribution in [3.63, 3.8) is 0 Å². The quantitative estimate of drug-likeness (QED) is 0.663. The summed E-state index contributed by atoms with van der Waals surface area (Å²) in [6.07, 6.45) is 0. The van der Waals surface area contributed by atoms with Gasteiger partial charge >= 0.3 is 5.97 Å². The van der Waals surface area contributed by atoms with E-state index in [2.05, 4.69) is 25.5 Å². The highest BCUT2D eigenvalue weighted by atomic mass is 19.1. The van der Waals surface area contributed by atoms with Crippen LogP contribution in [0.15, 0.2) is 48.5 Å². The van der Waals surface area contributed by atoms with Crippen LogP contribution in [0.3, 0.4) is 0 Å². The highest BCUT2D eigenvalue weighted by molar-refractivity contribution is 5.89. The molecule has 0 bridgehead atoms. The van der Waals surface area contributed by atoms with Gasteiger partial charge in [0.2, 0.25) is 11.7 Å². The molecule has 9 heteroatoms. The van der Waals surface area contributed by atoms with Gasteiger partial charge in [-0.15, -0.1) is 10.2 Å². The van der Waals surface area contributed by atoms with E-state index < -0.39 is 11.8 Å². The smallest absolute Gasteiger partial charge is 0.337 e. The molecular weight excluding hydrogens is 353 g/mol. The summed E-state index contributed by atoms with van der Waals surface area (Å²) in [6.45, 7) is 0.161. The monoisotopic (exact) mass is 369 g/mol. The van der Waals surface area contributed by atoms with Gasteiger partial charge in [-0.3, -0.25) is 4.79 Å². The predicted molar refractivity (Wildman–Crippen MR) is 92.8 cm³/mol. The number of hydrogen-bond donors (Lipinski definition) is 1. The first-order valence-electron chi connectivity index (χ1n) is 8.03. The zero-order valence-corrected chi connectivity index (χ0v) is 14.4. The number of rotatable bonds is 6. The largest absolute Gasteiger partial charge is 0.465 e. The van der Waals surface area contributed by atoms with Crippen LogP contribution in [0.5, 0.6) is 0 Å². The maximum Gasteiger partial charge on any atom is 0.337 e. The predicted octanol–water partition coefficient (Wildman–Crippen LogP) is 1.58. The minimum absolute atomic E-state index is 0.122. The number of hydrogen-bond acceptors (Lipinski definition) is 6. The van der Waals surface area contributed by atoms with Crippen LogP contribution in [0.4, 0.5) is 4.39 Å². The number of amides is 1. The number of tetrazole rings is 1. The van der Waals surface area contributed by atoms with Gasteiger partial charge in [0.1, 0.15) is 12.4 Å². The van der Waals surface area contributed by atoms with Crippen molar-refractivity contribution in [3.8, 4) is 11.4 Å². The van der Waals surface area contributed by atoms with Gasteiger partial charge in [0.15, 0.2) is 0 Å². The lowest BCUT2D eigenvalue weighted by atomic mass is 10.1. The van der Waals surface area contributed by atoms with Crippen LogP contribution in [-0.2, 0) is 22.6 Å². The number of benzene rings is 2. The van der Waals surface area contributed by atoms with Crippen LogP contribution in [0.1, 0.15) is 15.9 Å². The Balaban J connectivity index is 1.55. The van der Waals surface area contributed by atoms with Crippen LogP contribution in [-0.4, -0.2) is 39.2 Å². The first-order chi connectivity index (χ1) is 13.0. The minimum atomic E-state index is -0.419. The van der Waals surface area contributed by atoms with E-state index in [9.17, 15) is 14.0 Å². The molecule has 138 valence electrons. The van der Waals surface area contributed by atoms with Crippen molar-refractivity contribution in [3.05, 3.63) is 65.5 Å². The molecular formula is C18H16FN5O3. The Labute approximate surface area is 154 Å². The normalized spacial score (nSPS) is 10.4. The Bertz CT molecular complexity index is 956. The summed E-state index contributed by atoms with van der Waals surface area (Å²) in [5.74, 6) is -0.896. The Morgan fingerprint density at radius 1 is 1.19 bits per heavy atom. The lowest BCUT2D eigenvalue weighted by Gasteiger charge is -2.05. The molecule has 3 rings (SSSR count). The van der Waals surface area contributed by atoms with E-state index in [0.717, 1.165) is 10.4 Å². The van der Waals surface area contributed by atoms with Crippen molar-refractivity contribution in [1.29, 1.82) is 0 Å². The molecule has 3 aromatic rings. The van der Waals surface area contributed by atoms with Crippen molar-refractivity contribution < 1.29 is 18.7 Å². The molecule has 0 radical (unpaired) electrons. The lowest BCUT2D eigenvalue weighted by molar-refractivity contribution is -0.122. The molecule has 0 atom stereocenters. The third-order valence-electron chi connectivity index (χ3n) is 3.69. The molecule has 0 saturated carbocycles. The fraction of sp³-hybridized carbons (Fsp3) is 0.167. The average molecular weight is 369 g/mol. The van der Waals surface area contributed by atoms with Crippen molar-refractivity contribution >= 4 is 11.9 Å². The molecule has 0 unspecified atom stereocenters. The fourth-order valence-corrected chi connectivity index (χ4v) is 2.31. The lowest BCUT2D eigenvalue weighted by Crippen LogP contribution is -2.28. The van der Waals surface area contributed by atoms with Crippen molar-refractivity contribution in [2.24, 2.45) is 0 Å². The second kappa shape index (κ2) is 8.17. The molecule has 0 spiro atoms. The van der Waals surface area contributed by atoms with Crippen LogP contribution in [0, 0.1) is 5.82 Å². The van der Waals surface area contributed by atoms with Gasteiger partial charge in [-0.25, -0.2) is 9.18 Å². The summed E-state index contributed by atoms with van der Waals surface area (Å²) in [4.78, 5) is 24.5. The summed E-state index contributed by atoms with van der Waals surface area (Å²) in [6, 6.07) is 12.5. The Morgan fingerprint density at radius 2 is 1.96 bits per heavy atom. The van der Waals surface area contributed by atoms with E-state index in [1.807, 2.05) is 0 Å². The number of carbonyl (C=O) groups excluding carboxylic acids is 2. The van der Waals surface area contributed by atoms with E-state index in [1.54, 1.807) is 36.4 Å². The van der Waals surface area contributed by atoms with Crippen LogP contribution in [0.2, 0.25) is 0 Å². The summed E-state index contributed by atoms with van der Waals surface area (Å²) in [5.41, 5.74) is 1.74. The zero-order valence-electron chi connectivity index (χ0n) is 14.4. The second-order valence-corrected chi connectivity index (χ2v) is 5.62. The molecule has 1 heterocycles. The van der Waals surface area contributed by atoms with Crippen LogP contribution < -0.4 is 5.32 Å². The first-order valence-corrected chi connectivity index (χ1v) is 8.03. The minimum Gasteiger partial charge on any atom is -0.465 e. The second-order valence-electron chi connectivity index (χ2n) is 5.62. The number of esters is 1. The summed E-state index contributed by atoms with van der Waals surface area (Å²) in [7, 11) is 1.31. The van der Waals surface area contributed by atoms with Gasteiger partial charge in [-0.05, 0) is 35.0 Å². The van der Waals surface area contributed by atoms with Crippen molar-refractivity contribution in [2.45, 2.75) is 13.1 Å². The SMILES string of the molecule is COC(=O)c1ccc(CNC(=O)Cn2nnc(-c3cccc(F)c3)n2)cc1. The van der Waals surface area contributed by atoms with E-state index >= 15 is 0 Å². The number of methoxy groups -OCH3 is 1. The number of aromatic nitrogens is 4. The molecule has 27 heavy (non-hydrogen) atoms. The number of ether oxygens (including phenoxy) is 1. The van der Waals surface area contributed by atoms with E-state index in [4.69, 9.17) is 0 Å². The maximum absolute atomic E-state index is 13.2. The standard InChI is InChI=1S/C18H16FN5O3/c1-27-18(26)13-7-5-12(6-8-13)10-20-16(25)11-24-22-17(21-23-24)14-3-2-4-15(19)9-14/h2-9H,10-11H2,1H3,(H,20,25). The van der Waals surface area contributed by atoms with Gasteiger partial charge in [0.25, 0.3) is 0 Å². The first kappa shape index (κ1) is 18.2. The third kappa shape index (κ3) is 4.72.